The molecule has 92 valence electrons. The van der Waals surface area contributed by atoms with E-state index in [-0.39, 0.29) is 11.7 Å². The van der Waals surface area contributed by atoms with Crippen LogP contribution < -0.4 is 5.73 Å². The normalized spacial score (nSPS) is 10.1. The summed E-state index contributed by atoms with van der Waals surface area (Å²) in [4.78, 5) is 22.7. The maximum Gasteiger partial charge on any atom is 0.344 e. The van der Waals surface area contributed by atoms with E-state index in [1.54, 1.807) is 32.0 Å². The highest BCUT2D eigenvalue weighted by molar-refractivity contribution is 5.95. The summed E-state index contributed by atoms with van der Waals surface area (Å²) >= 11 is 0. The van der Waals surface area contributed by atoms with E-state index in [4.69, 9.17) is 15.2 Å². The van der Waals surface area contributed by atoms with Crippen LogP contribution in [0.15, 0.2) is 24.3 Å². The second-order valence-electron chi connectivity index (χ2n) is 3.70. The third-order valence-corrected chi connectivity index (χ3v) is 1.87. The number of anilines is 1. The summed E-state index contributed by atoms with van der Waals surface area (Å²) in [5, 5.41) is 0. The molecule has 0 aromatic heterocycles. The molecule has 0 saturated heterocycles. The number of carbonyl (C=O) groups excluding carboxylic acids is 2. The van der Waals surface area contributed by atoms with Gasteiger partial charge in [0, 0.05) is 5.69 Å². The molecule has 0 aliphatic rings. The molecule has 0 saturated carbocycles. The van der Waals surface area contributed by atoms with E-state index in [2.05, 4.69) is 0 Å². The molecule has 0 radical (unpaired) electrons. The molecule has 0 amide bonds. The van der Waals surface area contributed by atoms with Crippen LogP contribution in [-0.2, 0) is 14.3 Å². The van der Waals surface area contributed by atoms with Crippen LogP contribution in [0.1, 0.15) is 24.2 Å². The van der Waals surface area contributed by atoms with Crippen molar-refractivity contribution in [2.24, 2.45) is 0 Å². The van der Waals surface area contributed by atoms with Crippen molar-refractivity contribution in [2.75, 3.05) is 12.3 Å². The fraction of sp³-hybridized carbons (Fsp3) is 0.333. The number of nitrogen functional groups attached to an aromatic ring is 1. The molecule has 1 aromatic rings. The number of rotatable bonds is 4. The molecule has 0 fully saturated rings. The third-order valence-electron chi connectivity index (χ3n) is 1.87. The van der Waals surface area contributed by atoms with Gasteiger partial charge in [-0.3, -0.25) is 0 Å². The Kier molecular flexibility index (Phi) is 4.51. The van der Waals surface area contributed by atoms with Gasteiger partial charge in [-0.05, 0) is 26.0 Å². The van der Waals surface area contributed by atoms with Crippen LogP contribution in [0.5, 0.6) is 0 Å². The van der Waals surface area contributed by atoms with Gasteiger partial charge in [-0.2, -0.15) is 0 Å². The van der Waals surface area contributed by atoms with Crippen molar-refractivity contribution < 1.29 is 19.1 Å². The topological polar surface area (TPSA) is 78.6 Å². The molecule has 0 atom stereocenters. The van der Waals surface area contributed by atoms with Crippen molar-refractivity contribution in [3.8, 4) is 0 Å². The number of esters is 2. The van der Waals surface area contributed by atoms with Gasteiger partial charge >= 0.3 is 11.9 Å². The number of benzene rings is 1. The monoisotopic (exact) mass is 237 g/mol. The average molecular weight is 237 g/mol. The largest absolute Gasteiger partial charge is 0.460 e. The lowest BCUT2D eigenvalue weighted by Crippen LogP contribution is -2.20. The molecule has 0 heterocycles. The van der Waals surface area contributed by atoms with Crippen LogP contribution in [0.4, 0.5) is 5.69 Å². The fourth-order valence-electron chi connectivity index (χ4n) is 1.18. The van der Waals surface area contributed by atoms with Crippen molar-refractivity contribution in [2.45, 2.75) is 20.0 Å². The molecule has 0 aliphatic heterocycles. The summed E-state index contributed by atoms with van der Waals surface area (Å²) in [5.74, 6) is -1.22. The van der Waals surface area contributed by atoms with Gasteiger partial charge in [0.25, 0.3) is 0 Å². The summed E-state index contributed by atoms with van der Waals surface area (Å²) in [5.41, 5.74) is 6.15. The Labute approximate surface area is 99.5 Å². The van der Waals surface area contributed by atoms with Gasteiger partial charge in [0.15, 0.2) is 6.61 Å². The zero-order valence-corrected chi connectivity index (χ0v) is 9.80. The molecular weight excluding hydrogens is 222 g/mol. The van der Waals surface area contributed by atoms with Crippen LogP contribution in [0.25, 0.3) is 0 Å². The number of ether oxygens (including phenoxy) is 2. The molecule has 0 bridgehead atoms. The predicted octanol–water partition coefficient (Wildman–Crippen LogP) is 1.38. The maximum atomic E-state index is 11.5. The fourth-order valence-corrected chi connectivity index (χ4v) is 1.18. The lowest BCUT2D eigenvalue weighted by Gasteiger charge is -2.09. The average Bonchev–Trinajstić information content (AvgIpc) is 2.25. The van der Waals surface area contributed by atoms with Gasteiger partial charge in [0.2, 0.25) is 0 Å². The standard InChI is InChI=1S/C12H15NO4/c1-8(2)17-11(14)7-16-12(15)9-5-3-4-6-10(9)13/h3-6,8H,7,13H2,1-2H3. The van der Waals surface area contributed by atoms with Crippen molar-refractivity contribution >= 4 is 17.6 Å². The molecule has 17 heavy (non-hydrogen) atoms. The smallest absolute Gasteiger partial charge is 0.344 e. The van der Waals surface area contributed by atoms with Crippen molar-refractivity contribution in [3.63, 3.8) is 0 Å². The lowest BCUT2D eigenvalue weighted by atomic mass is 10.2. The molecule has 5 heteroatoms. The van der Waals surface area contributed by atoms with Crippen LogP contribution in [-0.4, -0.2) is 24.6 Å². The minimum absolute atomic E-state index is 0.233. The molecule has 1 aromatic carbocycles. The van der Waals surface area contributed by atoms with E-state index < -0.39 is 18.5 Å². The highest BCUT2D eigenvalue weighted by Crippen LogP contribution is 2.11. The van der Waals surface area contributed by atoms with Gasteiger partial charge in [-0.1, -0.05) is 12.1 Å². The molecule has 2 N–H and O–H groups in total. The third kappa shape index (κ3) is 4.14. The number of hydrogen-bond acceptors (Lipinski definition) is 5. The first-order valence-corrected chi connectivity index (χ1v) is 5.22. The molecule has 0 spiro atoms. The van der Waals surface area contributed by atoms with E-state index in [0.717, 1.165) is 0 Å². The van der Waals surface area contributed by atoms with Crippen LogP contribution >= 0.6 is 0 Å². The Morgan fingerprint density at radius 2 is 1.94 bits per heavy atom. The summed E-state index contributed by atoms with van der Waals surface area (Å²) in [6.45, 7) is 3.02. The number of carbonyl (C=O) groups is 2. The van der Waals surface area contributed by atoms with Crippen molar-refractivity contribution in [1.29, 1.82) is 0 Å². The van der Waals surface area contributed by atoms with E-state index >= 15 is 0 Å². The minimum Gasteiger partial charge on any atom is -0.460 e. The van der Waals surface area contributed by atoms with E-state index in [0.29, 0.717) is 5.69 Å². The first-order chi connectivity index (χ1) is 8.00. The van der Waals surface area contributed by atoms with Gasteiger partial charge < -0.3 is 15.2 Å². The Morgan fingerprint density at radius 1 is 1.29 bits per heavy atom. The van der Waals surface area contributed by atoms with Crippen LogP contribution in [0.2, 0.25) is 0 Å². The molecular formula is C12H15NO4. The first-order valence-electron chi connectivity index (χ1n) is 5.22. The lowest BCUT2D eigenvalue weighted by molar-refractivity contribution is -0.150. The van der Waals surface area contributed by atoms with E-state index in [1.165, 1.54) is 6.07 Å². The Balaban J connectivity index is 2.51. The Hall–Kier alpha value is -2.04. The summed E-state index contributed by atoms with van der Waals surface area (Å²) in [6, 6.07) is 6.49. The zero-order chi connectivity index (χ0) is 12.8. The van der Waals surface area contributed by atoms with Gasteiger partial charge in [-0.15, -0.1) is 0 Å². The summed E-state index contributed by atoms with van der Waals surface area (Å²) in [6.07, 6.45) is -0.233. The number of hydrogen-bond donors (Lipinski definition) is 1. The summed E-state index contributed by atoms with van der Waals surface area (Å²) < 4.78 is 9.60. The second kappa shape index (κ2) is 5.89. The summed E-state index contributed by atoms with van der Waals surface area (Å²) in [7, 11) is 0. The van der Waals surface area contributed by atoms with Gasteiger partial charge in [0.05, 0.1) is 11.7 Å². The number of nitrogens with two attached hydrogens (primary N) is 1. The number of para-hydroxylation sites is 1. The van der Waals surface area contributed by atoms with Crippen molar-refractivity contribution in [1.82, 2.24) is 0 Å². The quantitative estimate of drug-likeness (QED) is 0.632. The highest BCUT2D eigenvalue weighted by Gasteiger charge is 2.13. The minimum atomic E-state index is -0.635. The van der Waals surface area contributed by atoms with Gasteiger partial charge in [0.1, 0.15) is 0 Å². The van der Waals surface area contributed by atoms with E-state index in [9.17, 15) is 9.59 Å². The maximum absolute atomic E-state index is 11.5. The zero-order valence-electron chi connectivity index (χ0n) is 9.80. The second-order valence-corrected chi connectivity index (χ2v) is 3.70. The Bertz CT molecular complexity index is 415. The highest BCUT2D eigenvalue weighted by atomic mass is 16.6. The molecule has 0 aliphatic carbocycles. The van der Waals surface area contributed by atoms with Crippen LogP contribution in [0.3, 0.4) is 0 Å². The predicted molar refractivity (Wildman–Crippen MR) is 62.4 cm³/mol. The first kappa shape index (κ1) is 13.0. The van der Waals surface area contributed by atoms with Gasteiger partial charge in [-0.25, -0.2) is 9.59 Å². The SMILES string of the molecule is CC(C)OC(=O)COC(=O)c1ccccc1N. The molecule has 0 unspecified atom stereocenters. The van der Waals surface area contributed by atoms with Crippen molar-refractivity contribution in [3.05, 3.63) is 29.8 Å². The molecule has 1 rings (SSSR count). The van der Waals surface area contributed by atoms with Crippen LogP contribution in [0, 0.1) is 0 Å². The van der Waals surface area contributed by atoms with E-state index in [1.807, 2.05) is 0 Å². The molecule has 5 nitrogen and oxygen atoms in total. The Morgan fingerprint density at radius 3 is 2.53 bits per heavy atom.